The Hall–Kier alpha value is -1.35. The average Bonchev–Trinajstić information content (AvgIpc) is 2.92. The molecule has 3 aliphatic rings. The molecule has 4 rings (SSSR count). The number of hydrogen-bond donors (Lipinski definition) is 0. The Morgan fingerprint density at radius 3 is 2.95 bits per heavy atom. The minimum absolute atomic E-state index is 0.0152. The number of hydrogen-bond acceptors (Lipinski definition) is 3. The Bertz CT molecular complexity index is 527. The molecule has 5 unspecified atom stereocenters. The SMILES string of the molecule is CCOC(=O)C1C2c3ccccc3CN3C1CCC23. The van der Waals surface area contributed by atoms with Crippen molar-refractivity contribution in [2.24, 2.45) is 5.92 Å². The van der Waals surface area contributed by atoms with Crippen LogP contribution in [0.25, 0.3) is 0 Å². The Morgan fingerprint density at radius 2 is 2.11 bits per heavy atom. The van der Waals surface area contributed by atoms with Crippen LogP contribution in [0.1, 0.15) is 36.8 Å². The second-order valence-corrected chi connectivity index (χ2v) is 5.89. The number of carbonyl (C=O) groups excluding carboxylic acids is 1. The van der Waals surface area contributed by atoms with Crippen molar-refractivity contribution in [3.8, 4) is 0 Å². The van der Waals surface area contributed by atoms with Crippen molar-refractivity contribution in [3.63, 3.8) is 0 Å². The molecule has 1 aromatic rings. The molecule has 100 valence electrons. The van der Waals surface area contributed by atoms with Crippen LogP contribution in [0.4, 0.5) is 0 Å². The molecular formula is C16H19NO2. The molecule has 0 saturated carbocycles. The second-order valence-electron chi connectivity index (χ2n) is 5.89. The Morgan fingerprint density at radius 1 is 1.32 bits per heavy atom. The summed E-state index contributed by atoms with van der Waals surface area (Å²) in [4.78, 5) is 14.9. The Kier molecular flexibility index (Phi) is 2.46. The number of esters is 1. The lowest BCUT2D eigenvalue weighted by molar-refractivity contribution is -0.149. The van der Waals surface area contributed by atoms with Gasteiger partial charge in [0.2, 0.25) is 0 Å². The van der Waals surface area contributed by atoms with Gasteiger partial charge in [-0.1, -0.05) is 24.3 Å². The third-order valence-electron chi connectivity index (χ3n) is 5.15. The standard InChI is InChI=1S/C16H19NO2/c1-2-19-16(18)15-13-8-7-12-14(15)11-6-4-3-5-10(11)9-17(12)13/h3-6,12-15H,2,7-9H2,1H3. The number of carbonyl (C=O) groups is 1. The highest BCUT2D eigenvalue weighted by atomic mass is 16.5. The Labute approximate surface area is 113 Å². The maximum Gasteiger partial charge on any atom is 0.311 e. The highest BCUT2D eigenvalue weighted by molar-refractivity contribution is 5.76. The van der Waals surface area contributed by atoms with Crippen LogP contribution in [0.2, 0.25) is 0 Å². The molecule has 2 saturated heterocycles. The topological polar surface area (TPSA) is 29.5 Å². The quantitative estimate of drug-likeness (QED) is 0.761. The number of ether oxygens (including phenoxy) is 1. The van der Waals surface area contributed by atoms with E-state index >= 15 is 0 Å². The van der Waals surface area contributed by atoms with Gasteiger partial charge in [0, 0.05) is 24.5 Å². The summed E-state index contributed by atoms with van der Waals surface area (Å²) in [5.74, 6) is 0.437. The van der Waals surface area contributed by atoms with Crippen molar-refractivity contribution in [1.29, 1.82) is 0 Å². The van der Waals surface area contributed by atoms with Gasteiger partial charge in [-0.25, -0.2) is 0 Å². The maximum atomic E-state index is 12.3. The first kappa shape index (κ1) is 11.5. The number of nitrogens with zero attached hydrogens (tertiary/aromatic N) is 1. The van der Waals surface area contributed by atoms with E-state index in [0.717, 1.165) is 13.0 Å². The van der Waals surface area contributed by atoms with Gasteiger partial charge in [0.25, 0.3) is 0 Å². The Balaban J connectivity index is 1.78. The zero-order valence-electron chi connectivity index (χ0n) is 11.2. The molecule has 5 atom stereocenters. The highest BCUT2D eigenvalue weighted by Crippen LogP contribution is 2.55. The highest BCUT2D eigenvalue weighted by Gasteiger charge is 2.59. The zero-order chi connectivity index (χ0) is 13.0. The second kappa shape index (κ2) is 4.07. The molecular weight excluding hydrogens is 238 g/mol. The minimum Gasteiger partial charge on any atom is -0.466 e. The first-order valence-corrected chi connectivity index (χ1v) is 7.31. The summed E-state index contributed by atoms with van der Waals surface area (Å²) in [5, 5.41) is 0. The molecule has 0 spiro atoms. The van der Waals surface area contributed by atoms with Gasteiger partial charge >= 0.3 is 5.97 Å². The third-order valence-corrected chi connectivity index (χ3v) is 5.15. The lowest BCUT2D eigenvalue weighted by Crippen LogP contribution is -2.33. The van der Waals surface area contributed by atoms with Gasteiger partial charge in [-0.05, 0) is 30.9 Å². The van der Waals surface area contributed by atoms with Crippen molar-refractivity contribution in [2.45, 2.75) is 44.3 Å². The number of fused-ring (bicyclic) bond motifs is 2. The fourth-order valence-electron chi connectivity index (χ4n) is 4.55. The van der Waals surface area contributed by atoms with E-state index < -0.39 is 0 Å². The van der Waals surface area contributed by atoms with Gasteiger partial charge in [0.05, 0.1) is 12.5 Å². The largest absolute Gasteiger partial charge is 0.466 e. The molecule has 3 heteroatoms. The molecule has 3 nitrogen and oxygen atoms in total. The summed E-state index contributed by atoms with van der Waals surface area (Å²) in [7, 11) is 0. The molecule has 0 amide bonds. The van der Waals surface area contributed by atoms with Crippen molar-refractivity contribution < 1.29 is 9.53 Å². The average molecular weight is 257 g/mol. The lowest BCUT2D eigenvalue weighted by Gasteiger charge is -2.33. The first-order valence-electron chi connectivity index (χ1n) is 7.31. The normalized spacial score (nSPS) is 38.1. The van der Waals surface area contributed by atoms with Crippen molar-refractivity contribution in [3.05, 3.63) is 35.4 Å². The zero-order valence-corrected chi connectivity index (χ0v) is 11.2. The van der Waals surface area contributed by atoms with Crippen LogP contribution in [0, 0.1) is 5.92 Å². The molecule has 4 bridgehead atoms. The molecule has 3 heterocycles. The molecule has 0 radical (unpaired) electrons. The summed E-state index contributed by atoms with van der Waals surface area (Å²) in [6, 6.07) is 9.59. The molecule has 19 heavy (non-hydrogen) atoms. The van der Waals surface area contributed by atoms with Crippen LogP contribution in [0.15, 0.2) is 24.3 Å². The van der Waals surface area contributed by atoms with Crippen molar-refractivity contribution in [2.75, 3.05) is 6.61 Å². The van der Waals surface area contributed by atoms with Gasteiger partial charge in [-0.2, -0.15) is 0 Å². The lowest BCUT2D eigenvalue weighted by atomic mass is 9.74. The smallest absolute Gasteiger partial charge is 0.311 e. The van der Waals surface area contributed by atoms with Crippen LogP contribution in [-0.2, 0) is 16.1 Å². The number of rotatable bonds is 2. The summed E-state index contributed by atoms with van der Waals surface area (Å²) >= 11 is 0. The third kappa shape index (κ3) is 1.45. The van der Waals surface area contributed by atoms with Crippen molar-refractivity contribution >= 4 is 5.97 Å². The van der Waals surface area contributed by atoms with E-state index in [0.29, 0.717) is 24.6 Å². The predicted octanol–water partition coefficient (Wildman–Crippen LogP) is 2.31. The van der Waals surface area contributed by atoms with Crippen LogP contribution >= 0.6 is 0 Å². The summed E-state index contributed by atoms with van der Waals surface area (Å²) in [5.41, 5.74) is 2.80. The van der Waals surface area contributed by atoms with Crippen molar-refractivity contribution in [1.82, 2.24) is 4.90 Å². The van der Waals surface area contributed by atoms with E-state index in [9.17, 15) is 4.79 Å². The van der Waals surface area contributed by atoms with Crippen LogP contribution in [0.5, 0.6) is 0 Å². The van der Waals surface area contributed by atoms with Crippen LogP contribution in [-0.4, -0.2) is 29.6 Å². The fraction of sp³-hybridized carbons (Fsp3) is 0.562. The fourth-order valence-corrected chi connectivity index (χ4v) is 4.55. The molecule has 3 aliphatic heterocycles. The van der Waals surface area contributed by atoms with E-state index in [1.54, 1.807) is 0 Å². The summed E-state index contributed by atoms with van der Waals surface area (Å²) in [6.45, 7) is 3.39. The predicted molar refractivity (Wildman–Crippen MR) is 71.7 cm³/mol. The van der Waals surface area contributed by atoms with Gasteiger partial charge in [-0.15, -0.1) is 0 Å². The number of benzene rings is 1. The molecule has 2 fully saturated rings. The van der Waals surface area contributed by atoms with E-state index in [4.69, 9.17) is 4.74 Å². The monoisotopic (exact) mass is 257 g/mol. The van der Waals surface area contributed by atoms with Crippen LogP contribution in [0.3, 0.4) is 0 Å². The van der Waals surface area contributed by atoms with Gasteiger partial charge in [-0.3, -0.25) is 9.69 Å². The first-order chi connectivity index (χ1) is 9.31. The maximum absolute atomic E-state index is 12.3. The van der Waals surface area contributed by atoms with Gasteiger partial charge < -0.3 is 4.74 Å². The molecule has 0 aliphatic carbocycles. The summed E-state index contributed by atoms with van der Waals surface area (Å²) < 4.78 is 5.34. The van der Waals surface area contributed by atoms with Gasteiger partial charge in [0.15, 0.2) is 0 Å². The molecule has 0 aromatic heterocycles. The summed E-state index contributed by atoms with van der Waals surface area (Å²) in [6.07, 6.45) is 2.39. The van der Waals surface area contributed by atoms with Gasteiger partial charge in [0.1, 0.15) is 0 Å². The molecule has 0 N–H and O–H groups in total. The van der Waals surface area contributed by atoms with Crippen LogP contribution < -0.4 is 0 Å². The molecule has 1 aromatic carbocycles. The van der Waals surface area contributed by atoms with E-state index in [1.165, 1.54) is 17.5 Å². The van der Waals surface area contributed by atoms with E-state index in [1.807, 2.05) is 6.92 Å². The van der Waals surface area contributed by atoms with E-state index in [-0.39, 0.29) is 11.9 Å². The van der Waals surface area contributed by atoms with E-state index in [2.05, 4.69) is 29.2 Å². The minimum atomic E-state index is 0.0152.